The van der Waals surface area contributed by atoms with E-state index in [1.807, 2.05) is 19.3 Å². The second-order valence-corrected chi connectivity index (χ2v) is 4.70. The first kappa shape index (κ1) is 11.5. The molecule has 1 unspecified atom stereocenters. The number of aromatic nitrogens is 2. The summed E-state index contributed by atoms with van der Waals surface area (Å²) in [5.41, 5.74) is 1.13. The summed E-state index contributed by atoms with van der Waals surface area (Å²) in [6.45, 7) is 5.16. The van der Waals surface area contributed by atoms with Crippen LogP contribution in [-0.2, 0) is 0 Å². The van der Waals surface area contributed by atoms with Gasteiger partial charge in [-0.05, 0) is 37.8 Å². The Morgan fingerprint density at radius 1 is 1.31 bits per heavy atom. The van der Waals surface area contributed by atoms with E-state index in [1.54, 1.807) is 0 Å². The van der Waals surface area contributed by atoms with E-state index in [9.17, 15) is 0 Å². The molecule has 0 bridgehead atoms. The Morgan fingerprint density at radius 3 is 2.50 bits per heavy atom. The number of hydrogen-bond donors (Lipinski definition) is 1. The van der Waals surface area contributed by atoms with Gasteiger partial charge in [0.1, 0.15) is 5.82 Å². The molecule has 1 N–H and O–H groups in total. The number of hydrogen-bond acceptors (Lipinski definition) is 3. The molecule has 1 aromatic heterocycles. The van der Waals surface area contributed by atoms with Crippen LogP contribution in [0.25, 0.3) is 0 Å². The fourth-order valence-corrected chi connectivity index (χ4v) is 2.54. The van der Waals surface area contributed by atoms with Gasteiger partial charge in [0, 0.05) is 12.4 Å². The lowest BCUT2D eigenvalue weighted by molar-refractivity contribution is 0.359. The molecule has 1 aliphatic rings. The summed E-state index contributed by atoms with van der Waals surface area (Å²) in [6.07, 6.45) is 9.18. The Bertz CT molecular complexity index is 314. The summed E-state index contributed by atoms with van der Waals surface area (Å²) in [5.74, 6) is 1.70. The minimum atomic E-state index is 0.355. The zero-order valence-corrected chi connectivity index (χ0v) is 10.2. The molecule has 1 atom stereocenters. The predicted molar refractivity (Wildman–Crippen MR) is 65.1 cm³/mol. The van der Waals surface area contributed by atoms with Crippen LogP contribution in [0.3, 0.4) is 0 Å². The molecule has 88 valence electrons. The molecule has 1 fully saturated rings. The molecule has 0 radical (unpaired) electrons. The van der Waals surface area contributed by atoms with Gasteiger partial charge in [0.05, 0.1) is 6.04 Å². The maximum Gasteiger partial charge on any atom is 0.145 e. The van der Waals surface area contributed by atoms with Crippen LogP contribution in [0.2, 0.25) is 0 Å². The molecule has 1 aromatic rings. The Balaban J connectivity index is 2.14. The predicted octanol–water partition coefficient (Wildman–Crippen LogP) is 2.63. The van der Waals surface area contributed by atoms with Crippen LogP contribution in [0.15, 0.2) is 12.4 Å². The van der Waals surface area contributed by atoms with Crippen molar-refractivity contribution in [3.63, 3.8) is 0 Å². The van der Waals surface area contributed by atoms with Crippen molar-refractivity contribution >= 4 is 0 Å². The standard InChI is InChI=1S/C13H21N3/c1-3-14-12(11-6-4-5-7-11)13-15-8-10(2)9-16-13/h8-9,11-12,14H,3-7H2,1-2H3. The van der Waals surface area contributed by atoms with Crippen LogP contribution < -0.4 is 5.32 Å². The van der Waals surface area contributed by atoms with Gasteiger partial charge < -0.3 is 5.32 Å². The topological polar surface area (TPSA) is 37.8 Å². The van der Waals surface area contributed by atoms with Gasteiger partial charge in [-0.15, -0.1) is 0 Å². The highest BCUT2D eigenvalue weighted by Gasteiger charge is 2.27. The SMILES string of the molecule is CCNC(c1ncc(C)cn1)C1CCCC1. The third kappa shape index (κ3) is 2.59. The molecule has 0 saturated heterocycles. The monoisotopic (exact) mass is 219 g/mol. The van der Waals surface area contributed by atoms with Crippen LogP contribution in [0.1, 0.15) is 50.0 Å². The van der Waals surface area contributed by atoms with E-state index in [-0.39, 0.29) is 0 Å². The van der Waals surface area contributed by atoms with E-state index >= 15 is 0 Å². The summed E-state index contributed by atoms with van der Waals surface area (Å²) in [7, 11) is 0. The fraction of sp³-hybridized carbons (Fsp3) is 0.692. The van der Waals surface area contributed by atoms with Crippen LogP contribution >= 0.6 is 0 Å². The van der Waals surface area contributed by atoms with Crippen molar-refractivity contribution in [3.05, 3.63) is 23.8 Å². The van der Waals surface area contributed by atoms with Crippen molar-refractivity contribution in [2.45, 2.75) is 45.6 Å². The van der Waals surface area contributed by atoms with Crippen LogP contribution in [-0.4, -0.2) is 16.5 Å². The van der Waals surface area contributed by atoms with Gasteiger partial charge in [-0.1, -0.05) is 19.8 Å². The molecule has 1 aliphatic carbocycles. The lowest BCUT2D eigenvalue weighted by Gasteiger charge is -2.22. The van der Waals surface area contributed by atoms with Gasteiger partial charge in [-0.3, -0.25) is 0 Å². The Kier molecular flexibility index (Phi) is 3.88. The van der Waals surface area contributed by atoms with Gasteiger partial charge in [0.2, 0.25) is 0 Å². The average molecular weight is 219 g/mol. The Morgan fingerprint density at radius 2 is 1.94 bits per heavy atom. The van der Waals surface area contributed by atoms with Crippen molar-refractivity contribution in [3.8, 4) is 0 Å². The first-order valence-electron chi connectivity index (χ1n) is 6.33. The molecule has 0 aromatic carbocycles. The molecule has 3 heteroatoms. The van der Waals surface area contributed by atoms with Gasteiger partial charge in [-0.25, -0.2) is 9.97 Å². The normalized spacial score (nSPS) is 18.9. The third-order valence-electron chi connectivity index (χ3n) is 3.37. The quantitative estimate of drug-likeness (QED) is 0.846. The van der Waals surface area contributed by atoms with E-state index in [2.05, 4.69) is 22.2 Å². The number of nitrogens with zero attached hydrogens (tertiary/aromatic N) is 2. The molecule has 1 saturated carbocycles. The summed E-state index contributed by atoms with van der Waals surface area (Å²) < 4.78 is 0. The number of aryl methyl sites for hydroxylation is 1. The van der Waals surface area contributed by atoms with Gasteiger partial charge in [-0.2, -0.15) is 0 Å². The van der Waals surface area contributed by atoms with E-state index in [0.717, 1.165) is 23.9 Å². The maximum atomic E-state index is 4.47. The molecule has 16 heavy (non-hydrogen) atoms. The van der Waals surface area contributed by atoms with Gasteiger partial charge in [0.15, 0.2) is 0 Å². The fourth-order valence-electron chi connectivity index (χ4n) is 2.54. The summed E-state index contributed by atoms with van der Waals surface area (Å²) in [5, 5.41) is 3.54. The Labute approximate surface area is 97.7 Å². The molecule has 0 amide bonds. The lowest BCUT2D eigenvalue weighted by Crippen LogP contribution is -2.28. The van der Waals surface area contributed by atoms with Crippen molar-refractivity contribution in [2.75, 3.05) is 6.54 Å². The van der Waals surface area contributed by atoms with Gasteiger partial charge >= 0.3 is 0 Å². The smallest absolute Gasteiger partial charge is 0.145 e. The summed E-state index contributed by atoms with van der Waals surface area (Å²) >= 11 is 0. The number of nitrogens with one attached hydrogen (secondary N) is 1. The first-order chi connectivity index (χ1) is 7.81. The second kappa shape index (κ2) is 5.39. The van der Waals surface area contributed by atoms with E-state index in [0.29, 0.717) is 6.04 Å². The molecule has 0 aliphatic heterocycles. The minimum absolute atomic E-state index is 0.355. The third-order valence-corrected chi connectivity index (χ3v) is 3.37. The van der Waals surface area contributed by atoms with Crippen molar-refractivity contribution < 1.29 is 0 Å². The molecular weight excluding hydrogens is 198 g/mol. The summed E-state index contributed by atoms with van der Waals surface area (Å²) in [6, 6.07) is 0.355. The molecule has 1 heterocycles. The van der Waals surface area contributed by atoms with Gasteiger partial charge in [0.25, 0.3) is 0 Å². The molecule has 3 nitrogen and oxygen atoms in total. The first-order valence-corrected chi connectivity index (χ1v) is 6.33. The van der Waals surface area contributed by atoms with Crippen molar-refractivity contribution in [2.24, 2.45) is 5.92 Å². The molecular formula is C13H21N3. The lowest BCUT2D eigenvalue weighted by atomic mass is 9.97. The largest absolute Gasteiger partial charge is 0.307 e. The highest BCUT2D eigenvalue weighted by Crippen LogP contribution is 2.34. The van der Waals surface area contributed by atoms with Crippen LogP contribution in [0, 0.1) is 12.8 Å². The highest BCUT2D eigenvalue weighted by molar-refractivity contribution is 5.06. The van der Waals surface area contributed by atoms with Crippen LogP contribution in [0.5, 0.6) is 0 Å². The molecule has 2 rings (SSSR count). The van der Waals surface area contributed by atoms with Crippen LogP contribution in [0.4, 0.5) is 0 Å². The van der Waals surface area contributed by atoms with Crippen molar-refractivity contribution in [1.29, 1.82) is 0 Å². The van der Waals surface area contributed by atoms with Crippen molar-refractivity contribution in [1.82, 2.24) is 15.3 Å². The van der Waals surface area contributed by atoms with E-state index in [4.69, 9.17) is 0 Å². The highest BCUT2D eigenvalue weighted by atomic mass is 15.0. The Hall–Kier alpha value is -0.960. The second-order valence-electron chi connectivity index (χ2n) is 4.70. The average Bonchev–Trinajstić information content (AvgIpc) is 2.81. The maximum absolute atomic E-state index is 4.47. The zero-order chi connectivity index (χ0) is 11.4. The summed E-state index contributed by atoms with van der Waals surface area (Å²) in [4.78, 5) is 8.94. The minimum Gasteiger partial charge on any atom is -0.307 e. The van der Waals surface area contributed by atoms with E-state index < -0.39 is 0 Å². The zero-order valence-electron chi connectivity index (χ0n) is 10.2. The molecule has 0 spiro atoms. The number of rotatable bonds is 4. The van der Waals surface area contributed by atoms with E-state index in [1.165, 1.54) is 25.7 Å².